The molecule has 0 amide bonds. The topological polar surface area (TPSA) is 26.0 Å². The average Bonchev–Trinajstić information content (AvgIpc) is 2.37. The van der Waals surface area contributed by atoms with Crippen LogP contribution in [-0.4, -0.2) is 6.54 Å². The Morgan fingerprint density at radius 3 is 2.32 bits per heavy atom. The minimum absolute atomic E-state index is 0.405. The van der Waals surface area contributed by atoms with E-state index in [0.29, 0.717) is 12.5 Å². The fourth-order valence-electron chi connectivity index (χ4n) is 2.73. The van der Waals surface area contributed by atoms with Crippen molar-refractivity contribution in [3.63, 3.8) is 0 Å². The van der Waals surface area contributed by atoms with Gasteiger partial charge in [0, 0.05) is 5.92 Å². The molecule has 0 spiro atoms. The summed E-state index contributed by atoms with van der Waals surface area (Å²) in [6.07, 6.45) is 1.02. The van der Waals surface area contributed by atoms with Crippen LogP contribution in [0.5, 0.6) is 0 Å². The molecule has 1 nitrogen and oxygen atoms in total. The Morgan fingerprint density at radius 1 is 0.947 bits per heavy atom. The average molecular weight is 253 g/mol. The molecule has 0 heterocycles. The second-order valence-corrected chi connectivity index (χ2v) is 5.49. The van der Waals surface area contributed by atoms with Gasteiger partial charge in [-0.1, -0.05) is 53.6 Å². The lowest BCUT2D eigenvalue weighted by molar-refractivity contribution is 0.689. The normalized spacial score (nSPS) is 12.4. The molecular formula is C18H23N. The molecule has 2 aromatic rings. The third-order valence-electron chi connectivity index (χ3n) is 3.71. The molecular weight excluding hydrogens is 230 g/mol. The summed E-state index contributed by atoms with van der Waals surface area (Å²) in [7, 11) is 0. The molecule has 2 rings (SSSR count). The first-order chi connectivity index (χ1) is 9.10. The second kappa shape index (κ2) is 6.03. The van der Waals surface area contributed by atoms with Crippen LogP contribution in [0.15, 0.2) is 42.5 Å². The third kappa shape index (κ3) is 3.45. The largest absolute Gasteiger partial charge is 0.330 e. The van der Waals surface area contributed by atoms with Crippen molar-refractivity contribution < 1.29 is 0 Å². The van der Waals surface area contributed by atoms with Crippen molar-refractivity contribution in [3.8, 4) is 0 Å². The monoisotopic (exact) mass is 253 g/mol. The van der Waals surface area contributed by atoms with Crippen molar-refractivity contribution in [2.24, 2.45) is 5.73 Å². The molecule has 2 aromatic carbocycles. The molecule has 0 saturated carbocycles. The van der Waals surface area contributed by atoms with Gasteiger partial charge in [0.1, 0.15) is 0 Å². The molecule has 19 heavy (non-hydrogen) atoms. The summed E-state index contributed by atoms with van der Waals surface area (Å²) in [4.78, 5) is 0. The Balaban J connectivity index is 2.25. The van der Waals surface area contributed by atoms with Gasteiger partial charge in [0.2, 0.25) is 0 Å². The predicted octanol–water partition coefficient (Wildman–Crippen LogP) is 3.90. The quantitative estimate of drug-likeness (QED) is 0.878. The molecule has 0 radical (unpaired) electrons. The van der Waals surface area contributed by atoms with Crippen molar-refractivity contribution in [1.29, 1.82) is 0 Å². The predicted molar refractivity (Wildman–Crippen MR) is 82.6 cm³/mol. The molecule has 0 bridgehead atoms. The van der Waals surface area contributed by atoms with Crippen LogP contribution in [0, 0.1) is 20.8 Å². The fraction of sp³-hybridized carbons (Fsp3) is 0.333. The zero-order valence-corrected chi connectivity index (χ0v) is 12.1. The lowest BCUT2D eigenvalue weighted by Gasteiger charge is -2.18. The van der Waals surface area contributed by atoms with Crippen LogP contribution in [0.25, 0.3) is 0 Å². The standard InChI is InChI=1S/C18H23N/c1-13-5-4-6-16(10-13)11-17(12-19)18-8-7-14(2)9-15(18)3/h4-10,17H,11-12,19H2,1-3H3. The van der Waals surface area contributed by atoms with Gasteiger partial charge in [-0.2, -0.15) is 0 Å². The Hall–Kier alpha value is -1.60. The van der Waals surface area contributed by atoms with Crippen molar-refractivity contribution >= 4 is 0 Å². The van der Waals surface area contributed by atoms with Gasteiger partial charge in [-0.15, -0.1) is 0 Å². The van der Waals surface area contributed by atoms with Crippen LogP contribution in [0.1, 0.15) is 33.7 Å². The third-order valence-corrected chi connectivity index (χ3v) is 3.71. The van der Waals surface area contributed by atoms with E-state index in [1.165, 1.54) is 27.8 Å². The maximum Gasteiger partial charge on any atom is 0.000419 e. The fourth-order valence-corrected chi connectivity index (χ4v) is 2.73. The summed E-state index contributed by atoms with van der Waals surface area (Å²) >= 11 is 0. The summed E-state index contributed by atoms with van der Waals surface area (Å²) in [5, 5.41) is 0. The van der Waals surface area contributed by atoms with Crippen LogP contribution in [0.4, 0.5) is 0 Å². The Morgan fingerprint density at radius 2 is 1.68 bits per heavy atom. The highest BCUT2D eigenvalue weighted by Gasteiger charge is 2.13. The Bertz CT molecular complexity index is 557. The van der Waals surface area contributed by atoms with E-state index in [0.717, 1.165) is 6.42 Å². The first-order valence-corrected chi connectivity index (χ1v) is 6.93. The van der Waals surface area contributed by atoms with E-state index in [2.05, 4.69) is 63.2 Å². The minimum Gasteiger partial charge on any atom is -0.330 e. The van der Waals surface area contributed by atoms with Gasteiger partial charge in [-0.05, 0) is 50.4 Å². The molecule has 0 aliphatic carbocycles. The molecule has 1 unspecified atom stereocenters. The van der Waals surface area contributed by atoms with Gasteiger partial charge in [-0.25, -0.2) is 0 Å². The van der Waals surface area contributed by atoms with Crippen LogP contribution in [0.2, 0.25) is 0 Å². The lowest BCUT2D eigenvalue weighted by Crippen LogP contribution is -2.16. The van der Waals surface area contributed by atoms with Crippen LogP contribution >= 0.6 is 0 Å². The van der Waals surface area contributed by atoms with Gasteiger partial charge in [0.05, 0.1) is 0 Å². The van der Waals surface area contributed by atoms with Crippen LogP contribution in [0.3, 0.4) is 0 Å². The molecule has 0 aliphatic rings. The molecule has 1 atom stereocenters. The van der Waals surface area contributed by atoms with E-state index >= 15 is 0 Å². The highest BCUT2D eigenvalue weighted by molar-refractivity contribution is 5.35. The lowest BCUT2D eigenvalue weighted by atomic mass is 9.88. The SMILES string of the molecule is Cc1cccc(CC(CN)c2ccc(C)cc2C)c1. The number of hydrogen-bond donors (Lipinski definition) is 1. The Labute approximate surface area is 116 Å². The van der Waals surface area contributed by atoms with Gasteiger partial charge < -0.3 is 5.73 Å². The molecule has 100 valence electrons. The van der Waals surface area contributed by atoms with Gasteiger partial charge in [0.25, 0.3) is 0 Å². The zero-order valence-electron chi connectivity index (χ0n) is 12.1. The van der Waals surface area contributed by atoms with Crippen LogP contribution in [-0.2, 0) is 6.42 Å². The van der Waals surface area contributed by atoms with Gasteiger partial charge >= 0.3 is 0 Å². The summed E-state index contributed by atoms with van der Waals surface area (Å²) in [5.74, 6) is 0.405. The van der Waals surface area contributed by atoms with Crippen molar-refractivity contribution in [2.75, 3.05) is 6.54 Å². The zero-order chi connectivity index (χ0) is 13.8. The summed E-state index contributed by atoms with van der Waals surface area (Å²) in [6.45, 7) is 7.14. The van der Waals surface area contributed by atoms with E-state index in [1.54, 1.807) is 0 Å². The summed E-state index contributed by atoms with van der Waals surface area (Å²) in [6, 6.07) is 15.4. The van der Waals surface area contributed by atoms with E-state index < -0.39 is 0 Å². The number of aryl methyl sites for hydroxylation is 3. The highest BCUT2D eigenvalue weighted by atomic mass is 14.5. The smallest absolute Gasteiger partial charge is 0.000419 e. The maximum atomic E-state index is 6.00. The van der Waals surface area contributed by atoms with Crippen molar-refractivity contribution in [2.45, 2.75) is 33.1 Å². The maximum absolute atomic E-state index is 6.00. The summed E-state index contributed by atoms with van der Waals surface area (Å²) in [5.41, 5.74) is 12.7. The first kappa shape index (κ1) is 13.8. The van der Waals surface area contributed by atoms with Crippen molar-refractivity contribution in [1.82, 2.24) is 0 Å². The second-order valence-electron chi connectivity index (χ2n) is 5.49. The molecule has 0 aromatic heterocycles. The van der Waals surface area contributed by atoms with E-state index in [1.807, 2.05) is 0 Å². The first-order valence-electron chi connectivity index (χ1n) is 6.93. The number of hydrogen-bond acceptors (Lipinski definition) is 1. The van der Waals surface area contributed by atoms with Gasteiger partial charge in [0.15, 0.2) is 0 Å². The van der Waals surface area contributed by atoms with Crippen LogP contribution < -0.4 is 5.73 Å². The Kier molecular flexibility index (Phi) is 4.39. The number of rotatable bonds is 4. The number of benzene rings is 2. The molecule has 0 saturated heterocycles. The van der Waals surface area contributed by atoms with E-state index in [4.69, 9.17) is 5.73 Å². The molecule has 0 fully saturated rings. The van der Waals surface area contributed by atoms with Gasteiger partial charge in [-0.3, -0.25) is 0 Å². The van der Waals surface area contributed by atoms with E-state index in [9.17, 15) is 0 Å². The summed E-state index contributed by atoms with van der Waals surface area (Å²) < 4.78 is 0. The minimum atomic E-state index is 0.405. The molecule has 1 heteroatoms. The molecule has 2 N–H and O–H groups in total. The van der Waals surface area contributed by atoms with Crippen molar-refractivity contribution in [3.05, 3.63) is 70.3 Å². The molecule has 0 aliphatic heterocycles. The van der Waals surface area contributed by atoms with E-state index in [-0.39, 0.29) is 0 Å². The highest BCUT2D eigenvalue weighted by Crippen LogP contribution is 2.24. The number of nitrogens with two attached hydrogens (primary N) is 1.